The normalized spacial score (nSPS) is 11.9. The van der Waals surface area contributed by atoms with Crippen LogP contribution in [0.4, 0.5) is 5.69 Å². The largest absolute Gasteiger partial charge is 0.385 e. The maximum absolute atomic E-state index is 12.3. The third kappa shape index (κ3) is 6.64. The van der Waals surface area contributed by atoms with Crippen molar-refractivity contribution in [1.29, 1.82) is 0 Å². The van der Waals surface area contributed by atoms with Gasteiger partial charge in [-0.05, 0) is 29.7 Å². The second-order valence-electron chi connectivity index (χ2n) is 5.56. The van der Waals surface area contributed by atoms with Gasteiger partial charge in [0.25, 0.3) is 0 Å². The van der Waals surface area contributed by atoms with Crippen LogP contribution in [0.1, 0.15) is 24.0 Å². The number of hydrogen-bond acceptors (Lipinski definition) is 3. The van der Waals surface area contributed by atoms with Crippen LogP contribution in [0, 0.1) is 0 Å². The van der Waals surface area contributed by atoms with E-state index in [0.29, 0.717) is 31.0 Å². The topological polar surface area (TPSA) is 55.4 Å². The summed E-state index contributed by atoms with van der Waals surface area (Å²) in [5, 5.41) is 2.87. The number of anilines is 1. The second kappa shape index (κ2) is 10.0. The molecule has 4 nitrogen and oxygen atoms in total. The van der Waals surface area contributed by atoms with Gasteiger partial charge in [0, 0.05) is 48.1 Å². The molecule has 0 aromatic heterocycles. The highest BCUT2D eigenvalue weighted by atomic mass is 32.2. The summed E-state index contributed by atoms with van der Waals surface area (Å²) >= 11 is 0. The fourth-order valence-corrected chi connectivity index (χ4v) is 3.55. The molecule has 0 aliphatic heterocycles. The predicted molar refractivity (Wildman–Crippen MR) is 98.2 cm³/mol. The van der Waals surface area contributed by atoms with Gasteiger partial charge < -0.3 is 10.1 Å². The van der Waals surface area contributed by atoms with Crippen molar-refractivity contribution in [3.8, 4) is 0 Å². The molecule has 2 aromatic carbocycles. The van der Waals surface area contributed by atoms with E-state index in [0.717, 1.165) is 16.8 Å². The third-order valence-corrected chi connectivity index (χ3v) is 4.77. The maximum atomic E-state index is 12.3. The predicted octanol–water partition coefficient (Wildman–Crippen LogP) is 3.50. The van der Waals surface area contributed by atoms with Gasteiger partial charge >= 0.3 is 0 Å². The summed E-state index contributed by atoms with van der Waals surface area (Å²) in [5.41, 5.74) is 2.77. The van der Waals surface area contributed by atoms with Crippen LogP contribution in [-0.4, -0.2) is 23.8 Å². The van der Waals surface area contributed by atoms with Crippen molar-refractivity contribution in [2.45, 2.75) is 24.3 Å². The lowest BCUT2D eigenvalue weighted by Crippen LogP contribution is -2.12. The van der Waals surface area contributed by atoms with E-state index in [2.05, 4.69) is 5.32 Å². The summed E-state index contributed by atoms with van der Waals surface area (Å²) in [4.78, 5) is 11.8. The first kappa shape index (κ1) is 18.4. The number of hydrogen-bond donors (Lipinski definition) is 1. The van der Waals surface area contributed by atoms with Gasteiger partial charge in [-0.1, -0.05) is 42.5 Å². The zero-order chi connectivity index (χ0) is 17.2. The lowest BCUT2D eigenvalue weighted by Gasteiger charge is -2.08. The highest BCUT2D eigenvalue weighted by Crippen LogP contribution is 2.14. The van der Waals surface area contributed by atoms with Crippen LogP contribution < -0.4 is 5.32 Å². The average Bonchev–Trinajstić information content (AvgIpc) is 2.56. The first-order chi connectivity index (χ1) is 11.7. The van der Waals surface area contributed by atoms with Crippen molar-refractivity contribution in [2.24, 2.45) is 0 Å². The van der Waals surface area contributed by atoms with Crippen LogP contribution in [0.2, 0.25) is 0 Å². The van der Waals surface area contributed by atoms with Crippen molar-refractivity contribution in [3.63, 3.8) is 0 Å². The Kier molecular flexibility index (Phi) is 7.65. The van der Waals surface area contributed by atoms with Crippen LogP contribution in [0.15, 0.2) is 54.6 Å². The quantitative estimate of drug-likeness (QED) is 0.708. The molecule has 24 heavy (non-hydrogen) atoms. The molecule has 5 heteroatoms. The van der Waals surface area contributed by atoms with Gasteiger partial charge in [0.05, 0.1) is 0 Å². The van der Waals surface area contributed by atoms with Crippen LogP contribution in [0.25, 0.3) is 0 Å². The number of carbonyl (C=O) groups is 1. The van der Waals surface area contributed by atoms with E-state index in [1.165, 1.54) is 0 Å². The Hall–Kier alpha value is -1.98. The molecule has 2 aromatic rings. The van der Waals surface area contributed by atoms with Gasteiger partial charge in [-0.25, -0.2) is 0 Å². The number of carbonyl (C=O) groups excluding carboxylic acids is 1. The molecule has 0 saturated heterocycles. The minimum absolute atomic E-state index is 0.0328. The number of nitrogens with one attached hydrogen (secondary N) is 1. The fraction of sp³-hybridized carbons (Fsp3) is 0.316. The molecule has 1 unspecified atom stereocenters. The summed E-state index contributed by atoms with van der Waals surface area (Å²) in [7, 11) is 0.644. The maximum Gasteiger partial charge on any atom is 0.224 e. The minimum Gasteiger partial charge on any atom is -0.385 e. The first-order valence-corrected chi connectivity index (χ1v) is 9.43. The fourth-order valence-electron chi connectivity index (χ4n) is 2.34. The lowest BCUT2D eigenvalue weighted by molar-refractivity contribution is -0.116. The molecule has 0 fully saturated rings. The van der Waals surface area contributed by atoms with Crippen molar-refractivity contribution in [2.75, 3.05) is 19.0 Å². The van der Waals surface area contributed by atoms with E-state index in [9.17, 15) is 9.00 Å². The monoisotopic (exact) mass is 345 g/mol. The average molecular weight is 345 g/mol. The number of amides is 1. The molecule has 0 spiro atoms. The van der Waals surface area contributed by atoms with Crippen molar-refractivity contribution in [3.05, 3.63) is 65.7 Å². The zero-order valence-electron chi connectivity index (χ0n) is 13.9. The van der Waals surface area contributed by atoms with Crippen LogP contribution in [0.5, 0.6) is 0 Å². The van der Waals surface area contributed by atoms with Gasteiger partial charge in [-0.2, -0.15) is 0 Å². The molecular weight excluding hydrogens is 322 g/mol. The Balaban J connectivity index is 1.87. The van der Waals surface area contributed by atoms with Gasteiger partial charge in [-0.3, -0.25) is 9.00 Å². The standard InChI is InChI=1S/C19H23NO3S/c1-23-12-6-11-19(21)20-18-10-5-9-17(13-18)15-24(22)14-16-7-3-2-4-8-16/h2-5,7-10,13H,6,11-12,14-15H2,1H3,(H,20,21). The minimum atomic E-state index is -0.978. The molecule has 2 rings (SSSR count). The Morgan fingerprint density at radius 1 is 1.04 bits per heavy atom. The van der Waals surface area contributed by atoms with Crippen molar-refractivity contribution < 1.29 is 13.7 Å². The summed E-state index contributed by atoms with van der Waals surface area (Å²) < 4.78 is 17.2. The Bertz CT molecular complexity index is 673. The van der Waals surface area contributed by atoms with Gasteiger partial charge in [0.15, 0.2) is 0 Å². The molecule has 1 amide bonds. The molecule has 0 radical (unpaired) electrons. The molecule has 128 valence electrons. The highest BCUT2D eigenvalue weighted by Gasteiger charge is 2.06. The molecule has 0 aliphatic rings. The van der Waals surface area contributed by atoms with Crippen molar-refractivity contribution in [1.82, 2.24) is 0 Å². The summed E-state index contributed by atoms with van der Waals surface area (Å²) in [6.45, 7) is 0.575. The van der Waals surface area contributed by atoms with Crippen LogP contribution >= 0.6 is 0 Å². The van der Waals surface area contributed by atoms with Gasteiger partial charge in [-0.15, -0.1) is 0 Å². The van der Waals surface area contributed by atoms with Gasteiger partial charge in [0.1, 0.15) is 0 Å². The second-order valence-corrected chi connectivity index (χ2v) is 7.02. The SMILES string of the molecule is COCCCC(=O)Nc1cccc(CS(=O)Cc2ccccc2)c1. The van der Waals surface area contributed by atoms with Gasteiger partial charge in [0.2, 0.25) is 5.91 Å². The van der Waals surface area contributed by atoms with E-state index in [1.54, 1.807) is 7.11 Å². The van der Waals surface area contributed by atoms with E-state index in [1.807, 2.05) is 54.6 Å². The number of benzene rings is 2. The van der Waals surface area contributed by atoms with Crippen molar-refractivity contribution >= 4 is 22.4 Å². The molecule has 0 saturated carbocycles. The summed E-state index contributed by atoms with van der Waals surface area (Å²) in [5.74, 6) is 0.978. The molecule has 1 N–H and O–H groups in total. The molecule has 1 atom stereocenters. The van der Waals surface area contributed by atoms with Crippen LogP contribution in [0.3, 0.4) is 0 Å². The number of methoxy groups -OCH3 is 1. The Labute approximate surface area is 145 Å². The van der Waals surface area contributed by atoms with E-state index in [4.69, 9.17) is 4.74 Å². The van der Waals surface area contributed by atoms with E-state index in [-0.39, 0.29) is 5.91 Å². The number of ether oxygens (including phenoxy) is 1. The zero-order valence-corrected chi connectivity index (χ0v) is 14.7. The Morgan fingerprint density at radius 2 is 1.75 bits per heavy atom. The van der Waals surface area contributed by atoms with E-state index < -0.39 is 10.8 Å². The first-order valence-electron chi connectivity index (χ1n) is 7.94. The summed E-state index contributed by atoms with van der Waals surface area (Å²) in [6, 6.07) is 17.4. The smallest absolute Gasteiger partial charge is 0.224 e. The molecular formula is C19H23NO3S. The molecule has 0 aliphatic carbocycles. The molecule has 0 heterocycles. The summed E-state index contributed by atoms with van der Waals surface area (Å²) in [6.07, 6.45) is 1.13. The van der Waals surface area contributed by atoms with E-state index >= 15 is 0 Å². The van der Waals surface area contributed by atoms with Crippen LogP contribution in [-0.2, 0) is 31.8 Å². The number of rotatable bonds is 9. The Morgan fingerprint density at radius 3 is 2.50 bits per heavy atom. The lowest BCUT2D eigenvalue weighted by atomic mass is 10.2. The third-order valence-electron chi connectivity index (χ3n) is 3.46. The highest BCUT2D eigenvalue weighted by molar-refractivity contribution is 7.83. The molecule has 0 bridgehead atoms.